The van der Waals surface area contributed by atoms with Crippen molar-refractivity contribution in [3.63, 3.8) is 0 Å². The molecule has 1 saturated heterocycles. The highest BCUT2D eigenvalue weighted by molar-refractivity contribution is 6.67. The second-order valence-corrected chi connectivity index (χ2v) is 14.9. The largest absolute Gasteiger partial charge is 0.514 e. The van der Waals surface area contributed by atoms with Crippen LogP contribution in [0.3, 0.4) is 0 Å². The minimum absolute atomic E-state index is 0.0587. The Bertz CT molecular complexity index is 1720. The molecule has 0 saturated carbocycles. The van der Waals surface area contributed by atoms with Gasteiger partial charge in [0.25, 0.3) is 0 Å². The van der Waals surface area contributed by atoms with Gasteiger partial charge in [-0.3, -0.25) is 9.80 Å². The van der Waals surface area contributed by atoms with Crippen molar-refractivity contribution >= 4 is 47.1 Å². The topological polar surface area (TPSA) is 143 Å². The maximum Gasteiger partial charge on any atom is 0.514 e. The molecule has 2 aromatic carbocycles. The summed E-state index contributed by atoms with van der Waals surface area (Å²) in [4.78, 5) is 30.0. The van der Waals surface area contributed by atoms with Gasteiger partial charge in [-0.1, -0.05) is 53.5 Å². The monoisotopic (exact) mass is 720 g/mol. The van der Waals surface area contributed by atoms with Gasteiger partial charge in [0.2, 0.25) is 10.6 Å². The molecule has 15 heteroatoms. The third-order valence-corrected chi connectivity index (χ3v) is 10.1. The molecule has 0 spiro atoms. The fraction of sp³-hybridized carbons (Fsp3) is 0.485. The molecule has 4 aliphatic heterocycles. The van der Waals surface area contributed by atoms with Gasteiger partial charge in [-0.15, -0.1) is 0 Å². The number of nitrogens with zero attached hydrogens (tertiary/aromatic N) is 3. The Morgan fingerprint density at radius 3 is 2.56 bits per heavy atom. The standard InChI is InChI=1S/C33H35Cl3N4O8/c1-6-7-44-32(43)48-28-17(4)29-30(47-14-46-29)25-19(28)10-21-26-24-18(8-15(2)16(3)27(24)41)9-20(39(26)5)22(11-37)40(21)23(25)12-38-31(42)45-13-33(34,35)36/h6,8,20-23,26,41H,1,7,9-10,12-14H2,2-5H3,(H,38,42)/t20-,21?,22-,23-,26+/m0/s1. The highest BCUT2D eigenvalue weighted by atomic mass is 35.6. The lowest BCUT2D eigenvalue weighted by molar-refractivity contribution is -0.0722. The van der Waals surface area contributed by atoms with Crippen molar-refractivity contribution in [3.05, 3.63) is 57.7 Å². The van der Waals surface area contributed by atoms with Crippen LogP contribution < -0.4 is 19.5 Å². The first-order valence-electron chi connectivity index (χ1n) is 15.4. The van der Waals surface area contributed by atoms with E-state index < -0.39 is 40.8 Å². The number of aromatic hydroxyl groups is 1. The number of phenolic OH excluding ortho intramolecular Hbond substituents is 1. The molecular formula is C33H35Cl3N4O8. The molecule has 0 aliphatic carbocycles. The van der Waals surface area contributed by atoms with Crippen LogP contribution in [-0.2, 0) is 22.3 Å². The number of carbonyl (C=O) groups is 2. The maximum absolute atomic E-state index is 12.9. The molecule has 0 aromatic heterocycles. The van der Waals surface area contributed by atoms with Gasteiger partial charge in [-0.2, -0.15) is 5.26 Å². The number of nitrogens with one attached hydrogen (secondary N) is 1. The lowest BCUT2D eigenvalue weighted by Gasteiger charge is -2.60. The van der Waals surface area contributed by atoms with Crippen molar-refractivity contribution in [2.24, 2.45) is 0 Å². The van der Waals surface area contributed by atoms with E-state index in [0.29, 0.717) is 34.6 Å². The minimum atomic E-state index is -1.82. The fourth-order valence-electron chi connectivity index (χ4n) is 7.65. The van der Waals surface area contributed by atoms with Gasteiger partial charge in [0.05, 0.1) is 18.2 Å². The van der Waals surface area contributed by atoms with Gasteiger partial charge < -0.3 is 34.1 Å². The van der Waals surface area contributed by atoms with Gasteiger partial charge in [-0.05, 0) is 57.4 Å². The number of aryl methyl sites for hydroxylation is 1. The number of hydrogen-bond acceptors (Lipinski definition) is 11. The zero-order valence-electron chi connectivity index (χ0n) is 26.8. The number of benzene rings is 2. The number of amides is 1. The van der Waals surface area contributed by atoms with Crippen molar-refractivity contribution < 1.29 is 38.4 Å². The van der Waals surface area contributed by atoms with E-state index in [2.05, 4.69) is 33.8 Å². The van der Waals surface area contributed by atoms with Crippen LogP contribution in [-0.4, -0.2) is 82.7 Å². The molecule has 256 valence electrons. The number of phenols is 1. The maximum atomic E-state index is 12.9. The van der Waals surface area contributed by atoms with E-state index in [1.54, 1.807) is 6.92 Å². The number of piperazine rings is 1. The van der Waals surface area contributed by atoms with Crippen molar-refractivity contribution in [1.29, 1.82) is 5.26 Å². The lowest BCUT2D eigenvalue weighted by Crippen LogP contribution is -2.68. The summed E-state index contributed by atoms with van der Waals surface area (Å²) in [5.74, 6) is 1.23. The summed E-state index contributed by atoms with van der Waals surface area (Å²) in [6, 6.07) is 2.19. The number of hydrogen-bond donors (Lipinski definition) is 2. The second kappa shape index (κ2) is 13.0. The van der Waals surface area contributed by atoms with Crippen molar-refractivity contribution in [1.82, 2.24) is 15.1 Å². The third-order valence-electron chi connectivity index (χ3n) is 9.75. The lowest BCUT2D eigenvalue weighted by atomic mass is 9.71. The average Bonchev–Trinajstić information content (AvgIpc) is 3.53. The van der Waals surface area contributed by atoms with E-state index in [1.165, 1.54) is 6.08 Å². The zero-order chi connectivity index (χ0) is 34.7. The van der Waals surface area contributed by atoms with E-state index >= 15 is 0 Å². The molecule has 4 aliphatic rings. The Morgan fingerprint density at radius 2 is 1.88 bits per heavy atom. The molecule has 5 atom stereocenters. The molecule has 2 bridgehead atoms. The van der Waals surface area contributed by atoms with Crippen LogP contribution in [0.4, 0.5) is 9.59 Å². The highest BCUT2D eigenvalue weighted by Crippen LogP contribution is 2.57. The van der Waals surface area contributed by atoms with Gasteiger partial charge in [-0.25, -0.2) is 9.59 Å². The quantitative estimate of drug-likeness (QED) is 0.166. The van der Waals surface area contributed by atoms with E-state index in [-0.39, 0.29) is 49.9 Å². The average molecular weight is 722 g/mol. The summed E-state index contributed by atoms with van der Waals surface area (Å²) in [7, 11) is 1.96. The molecule has 2 aromatic rings. The molecule has 0 radical (unpaired) electrons. The van der Waals surface area contributed by atoms with Crippen LogP contribution in [0.1, 0.15) is 51.0 Å². The summed E-state index contributed by atoms with van der Waals surface area (Å²) in [6.45, 7) is 8.49. The number of carbonyl (C=O) groups excluding carboxylic acids is 2. The summed E-state index contributed by atoms with van der Waals surface area (Å²) >= 11 is 17.4. The van der Waals surface area contributed by atoms with E-state index in [0.717, 1.165) is 22.3 Å². The number of alkyl halides is 3. The van der Waals surface area contributed by atoms with Crippen LogP contribution in [0, 0.1) is 32.1 Å². The Balaban J connectivity index is 1.53. The van der Waals surface area contributed by atoms with Crippen LogP contribution in [0.25, 0.3) is 0 Å². The molecular weight excluding hydrogens is 687 g/mol. The predicted octanol–water partition coefficient (Wildman–Crippen LogP) is 5.62. The SMILES string of the molecule is C=CCOC(=O)Oc1c(C)c2c(c3c1CC1[C@@H]4c5c(cc(C)c(C)c5O)C[C@@H]([C@H](C#N)N1[C@H]3CNC(=O)OCC(Cl)(Cl)Cl)N4C)OCO2. The van der Waals surface area contributed by atoms with Gasteiger partial charge in [0, 0.05) is 40.9 Å². The van der Waals surface area contributed by atoms with E-state index in [4.69, 9.17) is 58.5 Å². The first kappa shape index (κ1) is 34.3. The Kier molecular flexibility index (Phi) is 9.30. The van der Waals surface area contributed by atoms with E-state index in [9.17, 15) is 20.0 Å². The smallest absolute Gasteiger partial charge is 0.507 e. The number of halogens is 3. The third kappa shape index (κ3) is 5.86. The van der Waals surface area contributed by atoms with E-state index in [1.807, 2.05) is 20.9 Å². The second-order valence-electron chi connectivity index (χ2n) is 12.4. The molecule has 2 N–H and O–H groups in total. The Hall–Kier alpha value is -3.60. The fourth-order valence-corrected chi connectivity index (χ4v) is 7.81. The number of ether oxygens (including phenoxy) is 5. The summed E-state index contributed by atoms with van der Waals surface area (Å²) in [5, 5.41) is 25.2. The molecule has 48 heavy (non-hydrogen) atoms. The van der Waals surface area contributed by atoms with Crippen molar-refractivity contribution in [3.8, 4) is 29.1 Å². The number of alkyl carbamates (subject to hydrolysis) is 1. The number of fused-ring (bicyclic) bond motifs is 9. The molecule has 12 nitrogen and oxygen atoms in total. The van der Waals surface area contributed by atoms with Crippen LogP contribution >= 0.6 is 34.8 Å². The summed E-state index contributed by atoms with van der Waals surface area (Å²) < 4.78 is 26.3. The molecule has 4 heterocycles. The van der Waals surface area contributed by atoms with Crippen molar-refractivity contribution in [2.45, 2.75) is 67.6 Å². The number of rotatable bonds is 6. The van der Waals surface area contributed by atoms with Crippen LogP contribution in [0.15, 0.2) is 18.7 Å². The molecule has 1 amide bonds. The molecule has 1 fully saturated rings. The summed E-state index contributed by atoms with van der Waals surface area (Å²) in [5.41, 5.74) is 5.22. The number of nitriles is 1. The van der Waals surface area contributed by atoms with Gasteiger partial charge in [0.15, 0.2) is 11.5 Å². The van der Waals surface area contributed by atoms with Crippen LogP contribution in [0.2, 0.25) is 0 Å². The molecule has 6 rings (SSSR count). The van der Waals surface area contributed by atoms with Gasteiger partial charge >= 0.3 is 12.2 Å². The molecule has 1 unspecified atom stereocenters. The first-order valence-corrected chi connectivity index (χ1v) is 16.5. The highest BCUT2D eigenvalue weighted by Gasteiger charge is 2.56. The first-order chi connectivity index (χ1) is 22.8. The summed E-state index contributed by atoms with van der Waals surface area (Å²) in [6.07, 6.45) is 0.460. The Morgan fingerprint density at radius 1 is 1.15 bits per heavy atom. The normalized spacial score (nSPS) is 24.0. The van der Waals surface area contributed by atoms with Crippen LogP contribution in [0.5, 0.6) is 23.0 Å². The van der Waals surface area contributed by atoms with Gasteiger partial charge in [0.1, 0.15) is 30.8 Å². The predicted molar refractivity (Wildman–Crippen MR) is 176 cm³/mol. The zero-order valence-corrected chi connectivity index (χ0v) is 29.0. The Labute approximate surface area is 292 Å². The van der Waals surface area contributed by atoms with Crippen molar-refractivity contribution in [2.75, 3.05) is 33.6 Å². The number of likely N-dealkylation sites (N-methyl/N-ethyl adjacent to an activating group) is 1. The minimum Gasteiger partial charge on any atom is -0.507 e.